The summed E-state index contributed by atoms with van der Waals surface area (Å²) in [7, 11) is -3.69. The molecule has 0 radical (unpaired) electrons. The zero-order valence-corrected chi connectivity index (χ0v) is 15.3. The van der Waals surface area contributed by atoms with Gasteiger partial charge in [0.15, 0.2) is 0 Å². The lowest BCUT2D eigenvalue weighted by Gasteiger charge is -2.26. The first-order valence-electron chi connectivity index (χ1n) is 8.73. The molecule has 1 saturated heterocycles. The molecule has 1 aliphatic heterocycles. The van der Waals surface area contributed by atoms with Crippen LogP contribution in [0.4, 0.5) is 0 Å². The number of ether oxygens (including phenoxy) is 1. The Bertz CT molecular complexity index is 799. The van der Waals surface area contributed by atoms with Crippen molar-refractivity contribution >= 4 is 10.0 Å². The van der Waals surface area contributed by atoms with Gasteiger partial charge in [0.1, 0.15) is 11.5 Å². The molecular formula is C19H24N2O4S. The Morgan fingerprint density at radius 1 is 1.00 bits per heavy atom. The number of nitrogens with one attached hydrogen (secondary N) is 2. The monoisotopic (exact) mass is 376 g/mol. The summed E-state index contributed by atoms with van der Waals surface area (Å²) in [4.78, 5) is 0.147. The van der Waals surface area contributed by atoms with Gasteiger partial charge in [-0.25, -0.2) is 13.1 Å². The second-order valence-electron chi connectivity index (χ2n) is 6.54. The van der Waals surface area contributed by atoms with Crippen LogP contribution in [0.15, 0.2) is 59.5 Å². The predicted molar refractivity (Wildman–Crippen MR) is 99.8 cm³/mol. The summed E-state index contributed by atoms with van der Waals surface area (Å²) >= 11 is 0. The highest BCUT2D eigenvalue weighted by Crippen LogP contribution is 2.23. The Balaban J connectivity index is 1.63. The van der Waals surface area contributed by atoms with Gasteiger partial charge in [-0.1, -0.05) is 18.2 Å². The summed E-state index contributed by atoms with van der Waals surface area (Å²) in [5, 5.41) is 13.8. The highest BCUT2D eigenvalue weighted by Gasteiger charge is 2.29. The topological polar surface area (TPSA) is 87.7 Å². The molecule has 1 atom stereocenters. The van der Waals surface area contributed by atoms with Crippen molar-refractivity contribution in [2.45, 2.75) is 29.8 Å². The summed E-state index contributed by atoms with van der Waals surface area (Å²) < 4.78 is 33.2. The van der Waals surface area contributed by atoms with Gasteiger partial charge in [0.2, 0.25) is 10.0 Å². The number of para-hydroxylation sites is 1. The van der Waals surface area contributed by atoms with E-state index >= 15 is 0 Å². The second-order valence-corrected chi connectivity index (χ2v) is 8.31. The molecule has 1 heterocycles. The molecule has 0 saturated carbocycles. The van der Waals surface area contributed by atoms with Crippen molar-refractivity contribution in [2.75, 3.05) is 19.6 Å². The van der Waals surface area contributed by atoms with Crippen LogP contribution in [0.3, 0.4) is 0 Å². The molecule has 7 heteroatoms. The summed E-state index contributed by atoms with van der Waals surface area (Å²) in [6.07, 6.45) is 1.93. The van der Waals surface area contributed by atoms with Gasteiger partial charge in [-0.05, 0) is 68.8 Å². The average Bonchev–Trinajstić information content (AvgIpc) is 2.87. The maximum absolute atomic E-state index is 12.5. The zero-order chi connectivity index (χ0) is 18.5. The van der Waals surface area contributed by atoms with E-state index in [1.165, 1.54) is 12.1 Å². The van der Waals surface area contributed by atoms with Crippen LogP contribution in [-0.2, 0) is 10.0 Å². The Morgan fingerprint density at radius 3 is 2.42 bits per heavy atom. The maximum Gasteiger partial charge on any atom is 0.240 e. The first kappa shape index (κ1) is 18.8. The van der Waals surface area contributed by atoms with Crippen LogP contribution in [0.25, 0.3) is 0 Å². The molecule has 0 spiro atoms. The van der Waals surface area contributed by atoms with Crippen molar-refractivity contribution < 1.29 is 18.3 Å². The highest BCUT2D eigenvalue weighted by molar-refractivity contribution is 7.89. The lowest BCUT2D eigenvalue weighted by Crippen LogP contribution is -2.43. The van der Waals surface area contributed by atoms with Crippen molar-refractivity contribution in [3.63, 3.8) is 0 Å². The Morgan fingerprint density at radius 2 is 1.69 bits per heavy atom. The van der Waals surface area contributed by atoms with Gasteiger partial charge in [0, 0.05) is 6.54 Å². The SMILES string of the molecule is O=S(=O)(NCC1(O)CCCNCC1)c1ccc(Oc2ccccc2)cc1. The summed E-state index contributed by atoms with van der Waals surface area (Å²) in [6, 6.07) is 15.5. The average molecular weight is 376 g/mol. The number of sulfonamides is 1. The van der Waals surface area contributed by atoms with Gasteiger partial charge >= 0.3 is 0 Å². The lowest BCUT2D eigenvalue weighted by atomic mass is 9.95. The summed E-state index contributed by atoms with van der Waals surface area (Å²) in [6.45, 7) is 1.54. The number of rotatable bonds is 6. The smallest absolute Gasteiger partial charge is 0.240 e. The molecule has 3 N–H and O–H groups in total. The van der Waals surface area contributed by atoms with Crippen molar-refractivity contribution in [2.24, 2.45) is 0 Å². The molecule has 26 heavy (non-hydrogen) atoms. The van der Waals surface area contributed by atoms with Crippen LogP contribution in [-0.4, -0.2) is 38.8 Å². The van der Waals surface area contributed by atoms with Crippen LogP contribution in [0.5, 0.6) is 11.5 Å². The fourth-order valence-electron chi connectivity index (χ4n) is 2.91. The molecule has 6 nitrogen and oxygen atoms in total. The second kappa shape index (κ2) is 8.18. The Hall–Kier alpha value is -1.93. The van der Waals surface area contributed by atoms with Gasteiger partial charge < -0.3 is 15.2 Å². The van der Waals surface area contributed by atoms with E-state index in [1.54, 1.807) is 12.1 Å². The predicted octanol–water partition coefficient (Wildman–Crippen LogP) is 2.26. The van der Waals surface area contributed by atoms with Gasteiger partial charge in [-0.15, -0.1) is 0 Å². The van der Waals surface area contributed by atoms with Crippen molar-refractivity contribution in [3.05, 3.63) is 54.6 Å². The van der Waals surface area contributed by atoms with E-state index in [2.05, 4.69) is 10.0 Å². The molecule has 140 valence electrons. The molecule has 0 aromatic heterocycles. The van der Waals surface area contributed by atoms with E-state index in [9.17, 15) is 13.5 Å². The van der Waals surface area contributed by atoms with Crippen LogP contribution in [0.1, 0.15) is 19.3 Å². The van der Waals surface area contributed by atoms with Gasteiger partial charge in [0.25, 0.3) is 0 Å². The molecule has 1 aliphatic rings. The fourth-order valence-corrected chi connectivity index (χ4v) is 4.03. The minimum absolute atomic E-state index is 0.0132. The largest absolute Gasteiger partial charge is 0.457 e. The first-order valence-corrected chi connectivity index (χ1v) is 10.2. The van der Waals surface area contributed by atoms with Crippen LogP contribution in [0.2, 0.25) is 0 Å². The van der Waals surface area contributed by atoms with Gasteiger partial charge in [-0.3, -0.25) is 0 Å². The Labute approximate surface area is 154 Å². The van der Waals surface area contributed by atoms with Crippen LogP contribution in [0, 0.1) is 0 Å². The third kappa shape index (κ3) is 5.04. The molecule has 1 fully saturated rings. The number of benzene rings is 2. The minimum Gasteiger partial charge on any atom is -0.457 e. The normalized spacial score (nSPS) is 21.1. The molecular weight excluding hydrogens is 352 g/mol. The summed E-state index contributed by atoms with van der Waals surface area (Å²) in [5.41, 5.74) is -1.01. The number of aliphatic hydroxyl groups is 1. The number of hydrogen-bond donors (Lipinski definition) is 3. The standard InChI is InChI=1S/C19H24N2O4S/c22-19(11-4-13-20-14-12-19)15-21-26(23,24)18-9-7-17(8-10-18)25-16-5-2-1-3-6-16/h1-3,5-10,20-22H,4,11-15H2. The zero-order valence-electron chi connectivity index (χ0n) is 14.5. The first-order chi connectivity index (χ1) is 12.5. The van der Waals surface area contributed by atoms with Crippen molar-refractivity contribution in [3.8, 4) is 11.5 Å². The van der Waals surface area contributed by atoms with E-state index in [-0.39, 0.29) is 11.4 Å². The van der Waals surface area contributed by atoms with E-state index in [0.717, 1.165) is 13.0 Å². The van der Waals surface area contributed by atoms with E-state index in [1.807, 2.05) is 30.3 Å². The van der Waals surface area contributed by atoms with E-state index in [0.29, 0.717) is 30.9 Å². The third-order valence-electron chi connectivity index (χ3n) is 4.47. The minimum atomic E-state index is -3.69. The highest BCUT2D eigenvalue weighted by atomic mass is 32.2. The summed E-state index contributed by atoms with van der Waals surface area (Å²) in [5.74, 6) is 1.24. The maximum atomic E-state index is 12.5. The van der Waals surface area contributed by atoms with Crippen LogP contribution >= 0.6 is 0 Å². The lowest BCUT2D eigenvalue weighted by molar-refractivity contribution is 0.0335. The van der Waals surface area contributed by atoms with Gasteiger partial charge in [-0.2, -0.15) is 0 Å². The Kier molecular flexibility index (Phi) is 5.93. The van der Waals surface area contributed by atoms with Crippen molar-refractivity contribution in [1.29, 1.82) is 0 Å². The number of hydrogen-bond acceptors (Lipinski definition) is 5. The van der Waals surface area contributed by atoms with E-state index < -0.39 is 15.6 Å². The van der Waals surface area contributed by atoms with Gasteiger partial charge in [0.05, 0.1) is 10.5 Å². The molecule has 2 aromatic rings. The molecule has 0 bridgehead atoms. The fraction of sp³-hybridized carbons (Fsp3) is 0.368. The van der Waals surface area contributed by atoms with Crippen LogP contribution < -0.4 is 14.8 Å². The molecule has 0 aliphatic carbocycles. The molecule has 3 rings (SSSR count). The van der Waals surface area contributed by atoms with Crippen molar-refractivity contribution in [1.82, 2.24) is 10.0 Å². The molecule has 1 unspecified atom stereocenters. The molecule has 2 aromatic carbocycles. The molecule has 0 amide bonds. The third-order valence-corrected chi connectivity index (χ3v) is 5.88. The quantitative estimate of drug-likeness (QED) is 0.720. The van der Waals surface area contributed by atoms with E-state index in [4.69, 9.17) is 4.74 Å².